The number of hydrogen-bond donors (Lipinski definition) is 3. The third-order valence-electron chi connectivity index (χ3n) is 8.11. The van der Waals surface area contributed by atoms with Gasteiger partial charge in [0.15, 0.2) is 5.82 Å². The number of aromatic nitrogens is 3. The number of nitrogens with zero attached hydrogens (tertiary/aromatic N) is 2. The molecule has 7 rings (SSSR count). The predicted molar refractivity (Wildman–Crippen MR) is 140 cm³/mol. The van der Waals surface area contributed by atoms with Crippen LogP contribution in [0.5, 0.6) is 0 Å². The molecule has 0 saturated heterocycles. The van der Waals surface area contributed by atoms with Crippen LogP contribution in [-0.2, 0) is 25.8 Å². The van der Waals surface area contributed by atoms with Gasteiger partial charge in [-0.2, -0.15) is 0 Å². The maximum atomic E-state index is 13.1. The molecule has 2 aliphatic carbocycles. The maximum Gasteiger partial charge on any atom is 0.253 e. The van der Waals surface area contributed by atoms with E-state index in [1.54, 1.807) is 24.3 Å². The number of hydrogen-bond acceptors (Lipinski definition) is 4. The molecule has 1 aliphatic heterocycles. The highest BCUT2D eigenvalue weighted by molar-refractivity contribution is 6.01. The Balaban J connectivity index is 1.17. The minimum Gasteiger partial charge on any atom is -0.356 e. The summed E-state index contributed by atoms with van der Waals surface area (Å²) in [6.07, 6.45) is 7.45. The van der Waals surface area contributed by atoms with Crippen LogP contribution in [0.3, 0.4) is 0 Å². The molecule has 0 radical (unpaired) electrons. The van der Waals surface area contributed by atoms with Crippen molar-refractivity contribution in [2.24, 2.45) is 0 Å². The van der Waals surface area contributed by atoms with Crippen molar-refractivity contribution in [1.82, 2.24) is 25.6 Å². The van der Waals surface area contributed by atoms with Crippen molar-refractivity contribution in [2.75, 3.05) is 0 Å². The van der Waals surface area contributed by atoms with Gasteiger partial charge in [0, 0.05) is 41.5 Å². The number of amides is 2. The van der Waals surface area contributed by atoms with Crippen molar-refractivity contribution in [3.8, 4) is 22.8 Å². The number of H-pyrrole nitrogens is 1. The van der Waals surface area contributed by atoms with Gasteiger partial charge in [-0.3, -0.25) is 9.59 Å². The zero-order valence-electron chi connectivity index (χ0n) is 20.7. The molecule has 3 aliphatic rings. The van der Waals surface area contributed by atoms with Gasteiger partial charge in [0.05, 0.1) is 17.0 Å². The second kappa shape index (κ2) is 8.62. The summed E-state index contributed by atoms with van der Waals surface area (Å²) in [5.41, 5.74) is 7.59. The number of aryl methyl sites for hydroxylation is 1. The number of halogens is 1. The molecule has 3 heterocycles. The molecule has 7 nitrogen and oxygen atoms in total. The Kier molecular flexibility index (Phi) is 5.18. The van der Waals surface area contributed by atoms with E-state index in [0.29, 0.717) is 17.9 Å². The summed E-state index contributed by atoms with van der Waals surface area (Å²) in [6.45, 7) is 0.299. The smallest absolute Gasteiger partial charge is 0.253 e. The van der Waals surface area contributed by atoms with E-state index < -0.39 is 0 Å². The zero-order valence-corrected chi connectivity index (χ0v) is 20.7. The number of fused-ring (bicyclic) bond motifs is 5. The Labute approximate surface area is 218 Å². The van der Waals surface area contributed by atoms with E-state index in [9.17, 15) is 14.0 Å². The second-order valence-corrected chi connectivity index (χ2v) is 10.6. The van der Waals surface area contributed by atoms with E-state index in [-0.39, 0.29) is 23.2 Å². The first-order valence-electron chi connectivity index (χ1n) is 13.0. The molecule has 0 unspecified atom stereocenters. The lowest BCUT2D eigenvalue weighted by Crippen LogP contribution is -2.57. The molecule has 3 N–H and O–H groups in total. The van der Waals surface area contributed by atoms with Crippen molar-refractivity contribution in [1.29, 1.82) is 0 Å². The van der Waals surface area contributed by atoms with E-state index >= 15 is 0 Å². The van der Waals surface area contributed by atoms with Crippen LogP contribution in [0, 0.1) is 5.82 Å². The van der Waals surface area contributed by atoms with Crippen LogP contribution in [-0.4, -0.2) is 32.3 Å². The highest BCUT2D eigenvalue weighted by Crippen LogP contribution is 2.43. The van der Waals surface area contributed by atoms with E-state index in [0.717, 1.165) is 83.4 Å². The topological polar surface area (TPSA) is 99.8 Å². The van der Waals surface area contributed by atoms with E-state index in [4.69, 9.17) is 4.98 Å². The van der Waals surface area contributed by atoms with Crippen molar-refractivity contribution in [3.05, 3.63) is 94.1 Å². The Hall–Kier alpha value is -4.33. The molecule has 0 bridgehead atoms. The molecule has 2 aromatic heterocycles. The fourth-order valence-corrected chi connectivity index (χ4v) is 5.94. The van der Waals surface area contributed by atoms with Gasteiger partial charge in [-0.1, -0.05) is 24.3 Å². The lowest BCUT2D eigenvalue weighted by atomic mass is 9.71. The van der Waals surface area contributed by atoms with Crippen LogP contribution < -0.4 is 10.6 Å². The summed E-state index contributed by atoms with van der Waals surface area (Å²) in [5, 5.41) is 6.16. The van der Waals surface area contributed by atoms with Gasteiger partial charge in [-0.15, -0.1) is 0 Å². The average molecular weight is 508 g/mol. The standard InChI is InChI=1S/C30H26FN5O2/c31-21-8-5-17(6-9-21)15-33-28(37)19-4-1-3-18(13-19)27-32-16-20-7-10-22-24-23(34-26(22)25(20)35-27)14-30(11-2-12-30)36-29(24)38/h1,3-6,8-9,13,16,34H,2,7,10-12,14-15H2,(H,33,37)(H,36,38). The highest BCUT2D eigenvalue weighted by Gasteiger charge is 2.45. The number of aromatic amines is 1. The summed E-state index contributed by atoms with van der Waals surface area (Å²) in [7, 11) is 0. The third kappa shape index (κ3) is 3.79. The number of nitrogens with one attached hydrogen (secondary N) is 3. The summed E-state index contributed by atoms with van der Waals surface area (Å²) in [4.78, 5) is 39.0. The number of carbonyl (C=O) groups excluding carboxylic acids is 2. The van der Waals surface area contributed by atoms with Crippen LogP contribution in [0.25, 0.3) is 22.8 Å². The van der Waals surface area contributed by atoms with Crippen molar-refractivity contribution in [3.63, 3.8) is 0 Å². The third-order valence-corrected chi connectivity index (χ3v) is 8.11. The lowest BCUT2D eigenvalue weighted by Gasteiger charge is -2.45. The molecule has 8 heteroatoms. The zero-order chi connectivity index (χ0) is 25.9. The first kappa shape index (κ1) is 22.8. The van der Waals surface area contributed by atoms with E-state index in [1.807, 2.05) is 18.3 Å². The maximum absolute atomic E-state index is 13.1. The molecule has 0 atom stereocenters. The fourth-order valence-electron chi connectivity index (χ4n) is 5.94. The molecule has 1 fully saturated rings. The minimum absolute atomic E-state index is 0.0283. The van der Waals surface area contributed by atoms with Gasteiger partial charge in [-0.25, -0.2) is 14.4 Å². The molecule has 190 valence electrons. The monoisotopic (exact) mass is 507 g/mol. The number of benzene rings is 2. The number of rotatable bonds is 4. The Morgan fingerprint density at radius 3 is 2.74 bits per heavy atom. The SMILES string of the molecule is O=C(NCc1ccc(F)cc1)c1cccc(-c2ncc3c(n2)-c2[nH]c4c(c2CC3)C(=O)NC2(CCC2)C4)c1. The summed E-state index contributed by atoms with van der Waals surface area (Å²) in [6, 6.07) is 13.3. The van der Waals surface area contributed by atoms with Crippen LogP contribution >= 0.6 is 0 Å². The molecule has 2 amide bonds. The summed E-state index contributed by atoms with van der Waals surface area (Å²) >= 11 is 0. The van der Waals surface area contributed by atoms with Gasteiger partial charge in [0.1, 0.15) is 5.82 Å². The van der Waals surface area contributed by atoms with Gasteiger partial charge < -0.3 is 15.6 Å². The van der Waals surface area contributed by atoms with Crippen LogP contribution in [0.2, 0.25) is 0 Å². The number of carbonyl (C=O) groups is 2. The van der Waals surface area contributed by atoms with Crippen LogP contribution in [0.4, 0.5) is 4.39 Å². The van der Waals surface area contributed by atoms with E-state index in [2.05, 4.69) is 20.6 Å². The first-order chi connectivity index (χ1) is 18.5. The molecule has 1 spiro atoms. The molecular formula is C30H26FN5O2. The Morgan fingerprint density at radius 2 is 1.95 bits per heavy atom. The van der Waals surface area contributed by atoms with Crippen LogP contribution in [0.1, 0.15) is 62.4 Å². The van der Waals surface area contributed by atoms with Gasteiger partial charge >= 0.3 is 0 Å². The van der Waals surface area contributed by atoms with Crippen molar-refractivity contribution < 1.29 is 14.0 Å². The second-order valence-electron chi connectivity index (χ2n) is 10.6. The average Bonchev–Trinajstić information content (AvgIpc) is 3.31. The molecular weight excluding hydrogens is 481 g/mol. The normalized spacial score (nSPS) is 16.6. The molecule has 1 saturated carbocycles. The molecule has 2 aromatic carbocycles. The minimum atomic E-state index is -0.310. The van der Waals surface area contributed by atoms with Gasteiger partial charge in [0.25, 0.3) is 11.8 Å². The predicted octanol–water partition coefficient (Wildman–Crippen LogP) is 4.52. The first-order valence-corrected chi connectivity index (χ1v) is 13.0. The quantitative estimate of drug-likeness (QED) is 0.378. The lowest BCUT2D eigenvalue weighted by molar-refractivity contribution is 0.0793. The fraction of sp³-hybridized carbons (Fsp3) is 0.267. The molecule has 38 heavy (non-hydrogen) atoms. The Morgan fingerprint density at radius 1 is 1.11 bits per heavy atom. The molecule has 4 aromatic rings. The van der Waals surface area contributed by atoms with Gasteiger partial charge in [0.2, 0.25) is 0 Å². The van der Waals surface area contributed by atoms with Crippen molar-refractivity contribution >= 4 is 11.8 Å². The summed E-state index contributed by atoms with van der Waals surface area (Å²) < 4.78 is 13.1. The highest BCUT2D eigenvalue weighted by atomic mass is 19.1. The van der Waals surface area contributed by atoms with Crippen molar-refractivity contribution in [2.45, 2.75) is 50.6 Å². The Bertz CT molecular complexity index is 1600. The largest absolute Gasteiger partial charge is 0.356 e. The van der Waals surface area contributed by atoms with E-state index in [1.165, 1.54) is 12.1 Å². The van der Waals surface area contributed by atoms with Crippen LogP contribution in [0.15, 0.2) is 54.7 Å². The summed E-state index contributed by atoms with van der Waals surface area (Å²) in [5.74, 6) is 0.0113. The van der Waals surface area contributed by atoms with Gasteiger partial charge in [-0.05, 0) is 73.1 Å².